The molecule has 2 aliphatic heterocycles. The number of carbonyl (C=O) groups is 3. The number of halogens is 1. The van der Waals surface area contributed by atoms with Crippen molar-refractivity contribution in [3.8, 4) is 0 Å². The van der Waals surface area contributed by atoms with E-state index in [-0.39, 0.29) is 11.3 Å². The summed E-state index contributed by atoms with van der Waals surface area (Å²) in [5.41, 5.74) is -0.818. The number of aliphatic carboxylic acids is 1. The fourth-order valence-electron chi connectivity index (χ4n) is 4.77. The molecule has 1 aromatic rings. The monoisotopic (exact) mass is 477 g/mol. The Bertz CT molecular complexity index is 1010. The van der Waals surface area contributed by atoms with Crippen LogP contribution < -0.4 is 5.32 Å². The van der Waals surface area contributed by atoms with Crippen LogP contribution in [-0.2, 0) is 19.2 Å². The van der Waals surface area contributed by atoms with E-state index in [1.165, 1.54) is 34.9 Å². The second kappa shape index (κ2) is 8.62. The molecule has 2 amide bonds. The lowest BCUT2D eigenvalue weighted by atomic mass is 9.87. The number of hydrogen-bond donors (Lipinski definition) is 2. The number of carboxylic acids is 1. The molecule has 2 N–H and O–H groups in total. The van der Waals surface area contributed by atoms with Crippen molar-refractivity contribution in [2.45, 2.75) is 80.7 Å². The number of β-lactam (4-membered cyclic amide) rings is 1. The molecule has 10 heteroatoms. The molecule has 8 nitrogen and oxygen atoms in total. The standard InChI is InChI=1S/C23H28FN3O5S/c1-22(2)17(21(30)31)27-19(29)16(20(27)33-22)25-18(28)15(13-9-5-6-10-14(13)24)26-32-23(3)11-7-4-8-12-23/h5-6,9-10,16-17,20H,4,7-8,11-12H2,1-3H3,(H,25,28)(H,30,31)/b26-15-/t16-,17-,20+/m0/s1. The van der Waals surface area contributed by atoms with Gasteiger partial charge in [0.25, 0.3) is 5.91 Å². The van der Waals surface area contributed by atoms with Crippen molar-refractivity contribution in [2.75, 3.05) is 0 Å². The summed E-state index contributed by atoms with van der Waals surface area (Å²) >= 11 is 1.32. The lowest BCUT2D eigenvalue weighted by Gasteiger charge is -2.43. The summed E-state index contributed by atoms with van der Waals surface area (Å²) < 4.78 is 13.9. The maximum atomic E-state index is 14.6. The van der Waals surface area contributed by atoms with Gasteiger partial charge in [0.15, 0.2) is 5.71 Å². The average molecular weight is 478 g/mol. The molecule has 3 atom stereocenters. The molecule has 0 spiro atoms. The zero-order valence-corrected chi connectivity index (χ0v) is 19.7. The van der Waals surface area contributed by atoms with Gasteiger partial charge in [-0.3, -0.25) is 9.59 Å². The fraction of sp³-hybridized carbons (Fsp3) is 0.565. The van der Waals surface area contributed by atoms with Crippen molar-refractivity contribution in [3.05, 3.63) is 35.6 Å². The van der Waals surface area contributed by atoms with E-state index in [0.29, 0.717) is 0 Å². The van der Waals surface area contributed by atoms with Gasteiger partial charge in [0.05, 0.1) is 0 Å². The van der Waals surface area contributed by atoms with E-state index in [4.69, 9.17) is 4.84 Å². The number of fused-ring (bicyclic) bond motifs is 1. The van der Waals surface area contributed by atoms with Crippen LogP contribution in [0.3, 0.4) is 0 Å². The van der Waals surface area contributed by atoms with Crippen LogP contribution in [0, 0.1) is 5.82 Å². The Kier molecular flexibility index (Phi) is 6.15. The first-order valence-corrected chi connectivity index (χ1v) is 12.0. The fourth-order valence-corrected chi connectivity index (χ4v) is 6.39. The molecule has 2 heterocycles. The van der Waals surface area contributed by atoms with E-state index in [2.05, 4.69) is 10.5 Å². The van der Waals surface area contributed by atoms with Gasteiger partial charge in [-0.2, -0.15) is 0 Å². The number of rotatable bonds is 6. The largest absolute Gasteiger partial charge is 0.480 e. The molecular weight excluding hydrogens is 449 g/mol. The van der Waals surface area contributed by atoms with Crippen molar-refractivity contribution in [2.24, 2.45) is 5.16 Å². The summed E-state index contributed by atoms with van der Waals surface area (Å²) in [5, 5.41) is 15.8. The predicted octanol–water partition coefficient (Wildman–Crippen LogP) is 2.90. The molecule has 0 radical (unpaired) electrons. The normalized spacial score (nSPS) is 28.0. The molecule has 0 aromatic heterocycles. The van der Waals surface area contributed by atoms with Gasteiger partial charge in [0.1, 0.15) is 28.9 Å². The highest BCUT2D eigenvalue weighted by Gasteiger charge is 2.64. The summed E-state index contributed by atoms with van der Waals surface area (Å²) in [4.78, 5) is 44.7. The van der Waals surface area contributed by atoms with Gasteiger partial charge in [-0.15, -0.1) is 11.8 Å². The molecule has 0 bridgehead atoms. The number of carbonyl (C=O) groups excluding carboxylic acids is 2. The number of hydrogen-bond acceptors (Lipinski definition) is 6. The SMILES string of the molecule is CC1(O/N=C(\C(=O)N[C@H]2C(=O)N3[C@@H]2SC(C)(C)[C@@H]3C(=O)O)c2ccccc2F)CCCCC1. The lowest BCUT2D eigenvalue weighted by Crippen LogP contribution is -2.71. The van der Waals surface area contributed by atoms with E-state index >= 15 is 0 Å². The third kappa shape index (κ3) is 4.32. The minimum Gasteiger partial charge on any atom is -0.480 e. The Morgan fingerprint density at radius 3 is 2.52 bits per heavy atom. The highest BCUT2D eigenvalue weighted by molar-refractivity contribution is 8.01. The zero-order chi connectivity index (χ0) is 24.0. The van der Waals surface area contributed by atoms with E-state index in [9.17, 15) is 23.9 Å². The second-order valence-electron chi connectivity index (χ2n) is 9.57. The second-order valence-corrected chi connectivity index (χ2v) is 11.3. The molecule has 3 fully saturated rings. The van der Waals surface area contributed by atoms with Gasteiger partial charge in [-0.25, -0.2) is 9.18 Å². The number of thioether (sulfide) groups is 1. The van der Waals surface area contributed by atoms with Crippen LogP contribution in [0.1, 0.15) is 58.4 Å². The number of benzene rings is 1. The summed E-state index contributed by atoms with van der Waals surface area (Å²) in [6, 6.07) is 3.85. The zero-order valence-electron chi connectivity index (χ0n) is 18.8. The van der Waals surface area contributed by atoms with Crippen LogP contribution in [0.25, 0.3) is 0 Å². The molecular formula is C23H28FN3O5S. The molecule has 4 rings (SSSR count). The average Bonchev–Trinajstić information content (AvgIpc) is 3.02. The van der Waals surface area contributed by atoms with Crippen LogP contribution in [0.5, 0.6) is 0 Å². The Labute approximate surface area is 195 Å². The van der Waals surface area contributed by atoms with Gasteiger partial charge in [0.2, 0.25) is 5.91 Å². The van der Waals surface area contributed by atoms with Crippen molar-refractivity contribution < 1.29 is 28.7 Å². The van der Waals surface area contributed by atoms with Gasteiger partial charge < -0.3 is 20.2 Å². The van der Waals surface area contributed by atoms with Crippen LogP contribution in [0.2, 0.25) is 0 Å². The Balaban J connectivity index is 1.57. The highest BCUT2D eigenvalue weighted by Crippen LogP contribution is 2.50. The predicted molar refractivity (Wildman–Crippen MR) is 121 cm³/mol. The minimum atomic E-state index is -1.09. The third-order valence-electron chi connectivity index (χ3n) is 6.57. The van der Waals surface area contributed by atoms with Crippen LogP contribution >= 0.6 is 11.8 Å². The molecule has 178 valence electrons. The smallest absolute Gasteiger partial charge is 0.327 e. The van der Waals surface area contributed by atoms with Crippen LogP contribution in [-0.4, -0.2) is 61.3 Å². The summed E-state index contributed by atoms with van der Waals surface area (Å²) in [6.45, 7) is 5.43. The van der Waals surface area contributed by atoms with E-state index in [1.807, 2.05) is 6.92 Å². The van der Waals surface area contributed by atoms with Gasteiger partial charge >= 0.3 is 5.97 Å². The number of nitrogens with zero attached hydrogens (tertiary/aromatic N) is 2. The first-order chi connectivity index (χ1) is 15.5. The molecule has 1 saturated carbocycles. The van der Waals surface area contributed by atoms with Crippen molar-refractivity contribution >= 4 is 35.3 Å². The van der Waals surface area contributed by atoms with Gasteiger partial charge in [-0.1, -0.05) is 23.7 Å². The van der Waals surface area contributed by atoms with Crippen molar-refractivity contribution in [1.82, 2.24) is 10.2 Å². The van der Waals surface area contributed by atoms with E-state index < -0.39 is 51.4 Å². The van der Waals surface area contributed by atoms with Crippen molar-refractivity contribution in [1.29, 1.82) is 0 Å². The Morgan fingerprint density at radius 2 is 1.88 bits per heavy atom. The summed E-state index contributed by atoms with van der Waals surface area (Å²) in [5.74, 6) is -2.94. The topological polar surface area (TPSA) is 108 Å². The number of oxime groups is 1. The van der Waals surface area contributed by atoms with Gasteiger partial charge in [-0.05, 0) is 58.6 Å². The number of carboxylic acid groups (broad SMARTS) is 1. The molecule has 3 aliphatic rings. The lowest BCUT2D eigenvalue weighted by molar-refractivity contribution is -0.160. The van der Waals surface area contributed by atoms with E-state index in [0.717, 1.165) is 32.1 Å². The minimum absolute atomic E-state index is 0.0270. The highest BCUT2D eigenvalue weighted by atomic mass is 32.2. The molecule has 0 unspecified atom stereocenters. The maximum Gasteiger partial charge on any atom is 0.327 e. The summed E-state index contributed by atoms with van der Waals surface area (Å²) in [7, 11) is 0. The first kappa shape index (κ1) is 23.5. The maximum absolute atomic E-state index is 14.6. The molecule has 1 aliphatic carbocycles. The molecule has 1 aromatic carbocycles. The number of amides is 2. The molecule has 33 heavy (non-hydrogen) atoms. The quantitative estimate of drug-likeness (QED) is 0.371. The molecule has 2 saturated heterocycles. The van der Waals surface area contributed by atoms with Gasteiger partial charge in [0, 0.05) is 10.3 Å². The van der Waals surface area contributed by atoms with E-state index in [1.54, 1.807) is 19.9 Å². The van der Waals surface area contributed by atoms with Crippen LogP contribution in [0.15, 0.2) is 29.4 Å². The summed E-state index contributed by atoms with van der Waals surface area (Å²) in [6.07, 6.45) is 4.64. The van der Waals surface area contributed by atoms with Crippen molar-refractivity contribution in [3.63, 3.8) is 0 Å². The number of nitrogens with one attached hydrogen (secondary N) is 1. The first-order valence-electron chi connectivity index (χ1n) is 11.1. The Hall–Kier alpha value is -2.62. The van der Waals surface area contributed by atoms with Crippen LogP contribution in [0.4, 0.5) is 4.39 Å². The Morgan fingerprint density at radius 1 is 1.21 bits per heavy atom. The third-order valence-corrected chi connectivity index (χ3v) is 8.15.